The zero-order valence-electron chi connectivity index (χ0n) is 10.1. The summed E-state index contributed by atoms with van der Waals surface area (Å²) in [5.41, 5.74) is 0. The van der Waals surface area contributed by atoms with Crippen LogP contribution in [0.25, 0.3) is 0 Å². The first-order valence-electron chi connectivity index (χ1n) is 5.53. The SMILES string of the molecule is CCCNCc1cnc(N(C)C(C)C)s1. The van der Waals surface area contributed by atoms with E-state index in [0.29, 0.717) is 6.04 Å². The van der Waals surface area contributed by atoms with E-state index in [4.69, 9.17) is 0 Å². The Bertz CT molecular complexity index is 283. The smallest absolute Gasteiger partial charge is 0.185 e. The van der Waals surface area contributed by atoms with Crippen molar-refractivity contribution < 1.29 is 0 Å². The summed E-state index contributed by atoms with van der Waals surface area (Å²) in [4.78, 5) is 7.93. The van der Waals surface area contributed by atoms with Gasteiger partial charge in [-0.05, 0) is 26.8 Å². The van der Waals surface area contributed by atoms with Gasteiger partial charge in [-0.3, -0.25) is 0 Å². The van der Waals surface area contributed by atoms with E-state index in [9.17, 15) is 0 Å². The third kappa shape index (κ3) is 3.80. The molecule has 1 aromatic heterocycles. The van der Waals surface area contributed by atoms with Crippen LogP contribution in [0, 0.1) is 0 Å². The predicted octanol–water partition coefficient (Wildman–Crippen LogP) is 2.49. The van der Waals surface area contributed by atoms with E-state index in [0.717, 1.165) is 18.2 Å². The molecule has 86 valence electrons. The van der Waals surface area contributed by atoms with Crippen molar-refractivity contribution in [1.82, 2.24) is 10.3 Å². The Labute approximate surface area is 96.5 Å². The molecular formula is C11H21N3S. The van der Waals surface area contributed by atoms with E-state index in [2.05, 4.69) is 43.0 Å². The van der Waals surface area contributed by atoms with Gasteiger partial charge in [-0.15, -0.1) is 11.3 Å². The number of nitrogens with zero attached hydrogens (tertiary/aromatic N) is 2. The number of hydrogen-bond donors (Lipinski definition) is 1. The molecule has 0 amide bonds. The molecule has 0 saturated heterocycles. The summed E-state index contributed by atoms with van der Waals surface area (Å²) in [5.74, 6) is 0. The summed E-state index contributed by atoms with van der Waals surface area (Å²) >= 11 is 1.77. The molecular weight excluding hydrogens is 206 g/mol. The van der Waals surface area contributed by atoms with Crippen LogP contribution in [0.15, 0.2) is 6.20 Å². The Hall–Kier alpha value is -0.610. The number of aromatic nitrogens is 1. The third-order valence-electron chi connectivity index (χ3n) is 2.34. The van der Waals surface area contributed by atoms with Gasteiger partial charge < -0.3 is 10.2 Å². The van der Waals surface area contributed by atoms with Gasteiger partial charge in [-0.25, -0.2) is 4.98 Å². The minimum Gasteiger partial charge on any atom is -0.349 e. The van der Waals surface area contributed by atoms with Gasteiger partial charge >= 0.3 is 0 Å². The molecule has 0 aromatic carbocycles. The van der Waals surface area contributed by atoms with Crippen molar-refractivity contribution in [1.29, 1.82) is 0 Å². The van der Waals surface area contributed by atoms with Crippen LogP contribution in [-0.4, -0.2) is 24.6 Å². The largest absolute Gasteiger partial charge is 0.349 e. The molecule has 0 aliphatic heterocycles. The molecule has 0 aliphatic carbocycles. The molecule has 1 rings (SSSR count). The van der Waals surface area contributed by atoms with Gasteiger partial charge in [-0.1, -0.05) is 6.92 Å². The van der Waals surface area contributed by atoms with Crippen molar-refractivity contribution in [2.24, 2.45) is 0 Å². The number of hydrogen-bond acceptors (Lipinski definition) is 4. The number of rotatable bonds is 6. The molecule has 1 N–H and O–H groups in total. The van der Waals surface area contributed by atoms with Crippen molar-refractivity contribution >= 4 is 16.5 Å². The number of anilines is 1. The minimum absolute atomic E-state index is 0.507. The highest BCUT2D eigenvalue weighted by molar-refractivity contribution is 7.15. The Morgan fingerprint density at radius 3 is 2.87 bits per heavy atom. The van der Waals surface area contributed by atoms with Crippen LogP contribution in [0.4, 0.5) is 5.13 Å². The van der Waals surface area contributed by atoms with Gasteiger partial charge in [0.15, 0.2) is 5.13 Å². The molecule has 0 radical (unpaired) electrons. The normalized spacial score (nSPS) is 11.0. The van der Waals surface area contributed by atoms with Gasteiger partial charge in [0.25, 0.3) is 0 Å². The van der Waals surface area contributed by atoms with Crippen LogP contribution in [0.3, 0.4) is 0 Å². The molecule has 0 unspecified atom stereocenters. The second-order valence-corrected chi connectivity index (χ2v) is 5.08. The van der Waals surface area contributed by atoms with E-state index < -0.39 is 0 Å². The fraction of sp³-hybridized carbons (Fsp3) is 0.727. The van der Waals surface area contributed by atoms with Crippen LogP contribution in [0.2, 0.25) is 0 Å². The van der Waals surface area contributed by atoms with Crippen molar-refractivity contribution in [2.75, 3.05) is 18.5 Å². The van der Waals surface area contributed by atoms with E-state index >= 15 is 0 Å². The molecule has 0 aliphatic rings. The topological polar surface area (TPSA) is 28.2 Å². The predicted molar refractivity (Wildman–Crippen MR) is 67.7 cm³/mol. The van der Waals surface area contributed by atoms with E-state index in [1.165, 1.54) is 11.3 Å². The summed E-state index contributed by atoms with van der Waals surface area (Å²) in [7, 11) is 2.09. The Balaban J connectivity index is 2.48. The maximum absolute atomic E-state index is 4.42. The van der Waals surface area contributed by atoms with Crippen molar-refractivity contribution in [3.8, 4) is 0 Å². The summed E-state index contributed by atoms with van der Waals surface area (Å²) in [5, 5.41) is 4.49. The van der Waals surface area contributed by atoms with E-state index in [1.54, 1.807) is 11.3 Å². The molecule has 0 bridgehead atoms. The van der Waals surface area contributed by atoms with Gasteiger partial charge in [0.2, 0.25) is 0 Å². The monoisotopic (exact) mass is 227 g/mol. The lowest BCUT2D eigenvalue weighted by molar-refractivity contribution is 0.681. The van der Waals surface area contributed by atoms with Gasteiger partial charge in [0.05, 0.1) is 0 Å². The molecule has 0 atom stereocenters. The van der Waals surface area contributed by atoms with Crippen molar-refractivity contribution in [3.05, 3.63) is 11.1 Å². The maximum Gasteiger partial charge on any atom is 0.185 e. The summed E-state index contributed by atoms with van der Waals surface area (Å²) < 4.78 is 0. The zero-order chi connectivity index (χ0) is 11.3. The standard InChI is InChI=1S/C11H21N3S/c1-5-6-12-7-10-8-13-11(15-10)14(4)9(2)3/h8-9,12H,5-7H2,1-4H3. The molecule has 4 heteroatoms. The molecule has 0 saturated carbocycles. The highest BCUT2D eigenvalue weighted by atomic mass is 32.1. The average molecular weight is 227 g/mol. The molecule has 1 aromatic rings. The zero-order valence-corrected chi connectivity index (χ0v) is 10.9. The maximum atomic E-state index is 4.42. The Kier molecular flexibility index (Phi) is 5.05. The summed E-state index contributed by atoms with van der Waals surface area (Å²) in [6.07, 6.45) is 3.15. The summed E-state index contributed by atoms with van der Waals surface area (Å²) in [6.45, 7) is 8.55. The quantitative estimate of drug-likeness (QED) is 0.757. The number of thiazole rings is 1. The molecule has 0 spiro atoms. The second kappa shape index (κ2) is 6.08. The summed E-state index contributed by atoms with van der Waals surface area (Å²) in [6, 6.07) is 0.507. The highest BCUT2D eigenvalue weighted by Gasteiger charge is 2.09. The fourth-order valence-electron chi connectivity index (χ4n) is 1.15. The van der Waals surface area contributed by atoms with Gasteiger partial charge in [0, 0.05) is 30.7 Å². The molecule has 0 fully saturated rings. The van der Waals surface area contributed by atoms with Gasteiger partial charge in [0.1, 0.15) is 0 Å². The Morgan fingerprint density at radius 1 is 1.53 bits per heavy atom. The van der Waals surface area contributed by atoms with Gasteiger partial charge in [-0.2, -0.15) is 0 Å². The second-order valence-electron chi connectivity index (χ2n) is 3.99. The lowest BCUT2D eigenvalue weighted by Crippen LogP contribution is -2.25. The molecule has 3 nitrogen and oxygen atoms in total. The van der Waals surface area contributed by atoms with E-state index in [1.807, 2.05) is 6.20 Å². The van der Waals surface area contributed by atoms with Crippen molar-refractivity contribution in [2.45, 2.75) is 39.8 Å². The minimum atomic E-state index is 0.507. The first kappa shape index (κ1) is 12.5. The lowest BCUT2D eigenvalue weighted by atomic mass is 10.4. The van der Waals surface area contributed by atoms with Crippen LogP contribution < -0.4 is 10.2 Å². The molecule has 1 heterocycles. The first-order valence-corrected chi connectivity index (χ1v) is 6.35. The fourth-order valence-corrected chi connectivity index (χ4v) is 2.13. The van der Waals surface area contributed by atoms with Crippen LogP contribution in [-0.2, 0) is 6.54 Å². The van der Waals surface area contributed by atoms with Crippen LogP contribution in [0.1, 0.15) is 32.1 Å². The van der Waals surface area contributed by atoms with Crippen molar-refractivity contribution in [3.63, 3.8) is 0 Å². The van der Waals surface area contributed by atoms with Crippen LogP contribution >= 0.6 is 11.3 Å². The lowest BCUT2D eigenvalue weighted by Gasteiger charge is -2.19. The van der Waals surface area contributed by atoms with E-state index in [-0.39, 0.29) is 0 Å². The Morgan fingerprint density at radius 2 is 2.27 bits per heavy atom. The molecule has 15 heavy (non-hydrogen) atoms. The van der Waals surface area contributed by atoms with Crippen LogP contribution in [0.5, 0.6) is 0 Å². The third-order valence-corrected chi connectivity index (χ3v) is 3.43. The first-order chi connectivity index (χ1) is 7.15. The average Bonchev–Trinajstić information content (AvgIpc) is 2.65. The highest BCUT2D eigenvalue weighted by Crippen LogP contribution is 2.22. The number of nitrogens with one attached hydrogen (secondary N) is 1.